The normalized spacial score (nSPS) is 17.0. The summed E-state index contributed by atoms with van der Waals surface area (Å²) in [7, 11) is 1.69. The molecular weight excluding hydrogens is 582 g/mol. The quantitative estimate of drug-likeness (QED) is 0.288. The van der Waals surface area contributed by atoms with Crippen molar-refractivity contribution in [3.8, 4) is 11.8 Å². The smallest absolute Gasteiger partial charge is 0.145 e. The number of hydrogen-bond donors (Lipinski definition) is 0. The van der Waals surface area contributed by atoms with Crippen LogP contribution in [-0.2, 0) is 12.8 Å². The zero-order valence-electron chi connectivity index (χ0n) is 15.9. The third kappa shape index (κ3) is 4.51. The van der Waals surface area contributed by atoms with Gasteiger partial charge >= 0.3 is 0 Å². The topological polar surface area (TPSA) is 45.4 Å². The molecule has 1 atom stereocenters. The first-order valence-electron chi connectivity index (χ1n) is 8.86. The van der Waals surface area contributed by atoms with Gasteiger partial charge in [0.1, 0.15) is 16.8 Å². The number of ether oxygens (including phenoxy) is 1. The Kier molecular flexibility index (Phi) is 6.53. The molecule has 3 rings (SSSR count). The molecule has 3 nitrogen and oxygen atoms in total. The van der Waals surface area contributed by atoms with E-state index in [0.717, 1.165) is 48.3 Å². The molecule has 0 fully saturated rings. The molecular formula is C21H22I2N2OS. The molecule has 1 aliphatic carbocycles. The molecule has 1 aromatic heterocycles. The highest BCUT2D eigenvalue weighted by Crippen LogP contribution is 2.44. The molecule has 0 aliphatic heterocycles. The second-order valence-electron chi connectivity index (χ2n) is 7.88. The van der Waals surface area contributed by atoms with E-state index in [-0.39, 0.29) is 0 Å². The van der Waals surface area contributed by atoms with Gasteiger partial charge < -0.3 is 4.74 Å². The standard InChI is InChI=1S/C21H22I2N2OS/c1-21(2,3)13-5-6-14-15(10-24)20(27-18(14)9-13)25-11-12-7-16(22)19(26-4)17(23)8-12/h7-8,11,13H,5-6,9H2,1-4H3/t13-/m1/s1. The van der Waals surface area contributed by atoms with Gasteiger partial charge in [0.2, 0.25) is 0 Å². The SMILES string of the molecule is COc1c(I)cc(C=Nc2sc3c(c2C#N)CC[C@@H](C(C)(C)C)C3)cc1I. The summed E-state index contributed by atoms with van der Waals surface area (Å²) in [5.41, 5.74) is 3.33. The van der Waals surface area contributed by atoms with Crippen LogP contribution < -0.4 is 4.74 Å². The summed E-state index contributed by atoms with van der Waals surface area (Å²) in [5, 5.41) is 10.6. The number of aliphatic imine (C=N–C) groups is 1. The van der Waals surface area contributed by atoms with Gasteiger partial charge in [-0.3, -0.25) is 0 Å². The number of halogens is 2. The molecule has 1 aromatic carbocycles. The van der Waals surface area contributed by atoms with E-state index >= 15 is 0 Å². The largest absolute Gasteiger partial charge is 0.495 e. The molecule has 0 N–H and O–H groups in total. The Morgan fingerprint density at radius 1 is 1.30 bits per heavy atom. The van der Waals surface area contributed by atoms with E-state index in [2.05, 4.69) is 84.2 Å². The molecule has 0 amide bonds. The monoisotopic (exact) mass is 604 g/mol. The fourth-order valence-electron chi connectivity index (χ4n) is 3.50. The van der Waals surface area contributed by atoms with Crippen molar-refractivity contribution in [2.24, 2.45) is 16.3 Å². The summed E-state index contributed by atoms with van der Waals surface area (Å²) in [6.07, 6.45) is 5.07. The van der Waals surface area contributed by atoms with E-state index in [9.17, 15) is 5.26 Å². The Morgan fingerprint density at radius 2 is 1.96 bits per heavy atom. The van der Waals surface area contributed by atoms with Crippen molar-refractivity contribution >= 4 is 67.7 Å². The molecule has 2 aromatic rings. The minimum absolute atomic E-state index is 0.300. The zero-order valence-corrected chi connectivity index (χ0v) is 21.0. The van der Waals surface area contributed by atoms with Crippen LogP contribution in [0.25, 0.3) is 0 Å². The van der Waals surface area contributed by atoms with Gasteiger partial charge in [-0.15, -0.1) is 11.3 Å². The minimum Gasteiger partial charge on any atom is -0.495 e. The average Bonchev–Trinajstić information content (AvgIpc) is 2.95. The van der Waals surface area contributed by atoms with Gasteiger partial charge in [0.15, 0.2) is 0 Å². The molecule has 0 spiro atoms. The highest BCUT2D eigenvalue weighted by atomic mass is 127. The lowest BCUT2D eigenvalue weighted by molar-refractivity contribution is 0.218. The van der Waals surface area contributed by atoms with E-state index in [1.165, 1.54) is 10.4 Å². The second kappa shape index (κ2) is 8.37. The van der Waals surface area contributed by atoms with Gasteiger partial charge in [-0.2, -0.15) is 5.26 Å². The number of nitriles is 1. The fourth-order valence-corrected chi connectivity index (χ4v) is 6.98. The molecule has 142 valence electrons. The third-order valence-corrected chi connectivity index (χ3v) is 7.90. The predicted octanol–water partition coefficient (Wildman–Crippen LogP) is 6.74. The van der Waals surface area contributed by atoms with Gasteiger partial charge in [-0.1, -0.05) is 20.8 Å². The highest BCUT2D eigenvalue weighted by Gasteiger charge is 2.32. The van der Waals surface area contributed by atoms with Crippen molar-refractivity contribution in [2.75, 3.05) is 7.11 Å². The van der Waals surface area contributed by atoms with Crippen LogP contribution in [0.4, 0.5) is 5.00 Å². The van der Waals surface area contributed by atoms with Crippen LogP contribution in [0.15, 0.2) is 17.1 Å². The van der Waals surface area contributed by atoms with Crippen molar-refractivity contribution in [1.29, 1.82) is 5.26 Å². The first kappa shape index (κ1) is 21.1. The first-order valence-corrected chi connectivity index (χ1v) is 11.8. The lowest BCUT2D eigenvalue weighted by Gasteiger charge is -2.33. The molecule has 6 heteroatoms. The average molecular weight is 604 g/mol. The molecule has 1 aliphatic rings. The van der Waals surface area contributed by atoms with Crippen LogP contribution in [0.1, 0.15) is 48.8 Å². The number of benzene rings is 1. The maximum atomic E-state index is 9.71. The predicted molar refractivity (Wildman–Crippen MR) is 130 cm³/mol. The number of methoxy groups -OCH3 is 1. The first-order chi connectivity index (χ1) is 12.7. The maximum absolute atomic E-state index is 9.71. The van der Waals surface area contributed by atoms with E-state index in [1.807, 2.05) is 6.21 Å². The number of rotatable bonds is 3. The van der Waals surface area contributed by atoms with Crippen LogP contribution in [0, 0.1) is 29.8 Å². The summed E-state index contributed by atoms with van der Waals surface area (Å²) in [6.45, 7) is 6.94. The van der Waals surface area contributed by atoms with E-state index in [1.54, 1.807) is 18.4 Å². The Morgan fingerprint density at radius 3 is 2.52 bits per heavy atom. The van der Waals surface area contributed by atoms with Crippen molar-refractivity contribution in [2.45, 2.75) is 40.0 Å². The fraction of sp³-hybridized carbons (Fsp3) is 0.429. The van der Waals surface area contributed by atoms with Crippen molar-refractivity contribution < 1.29 is 4.74 Å². The second-order valence-corrected chi connectivity index (χ2v) is 11.3. The van der Waals surface area contributed by atoms with E-state index < -0.39 is 0 Å². The molecule has 27 heavy (non-hydrogen) atoms. The van der Waals surface area contributed by atoms with Crippen LogP contribution in [0.5, 0.6) is 5.75 Å². The summed E-state index contributed by atoms with van der Waals surface area (Å²) in [6, 6.07) is 6.52. The van der Waals surface area contributed by atoms with Crippen LogP contribution in [0.3, 0.4) is 0 Å². The molecule has 0 saturated heterocycles. The summed E-state index contributed by atoms with van der Waals surface area (Å²) in [5.74, 6) is 1.56. The van der Waals surface area contributed by atoms with Crippen LogP contribution in [-0.4, -0.2) is 13.3 Å². The number of fused-ring (bicyclic) bond motifs is 1. The Hall–Kier alpha value is -0.660. The Bertz CT molecular complexity index is 912. The summed E-state index contributed by atoms with van der Waals surface area (Å²) < 4.78 is 7.54. The number of hydrogen-bond acceptors (Lipinski definition) is 4. The van der Waals surface area contributed by atoms with Crippen molar-refractivity contribution in [3.05, 3.63) is 40.8 Å². The number of nitrogens with zero attached hydrogens (tertiary/aromatic N) is 2. The minimum atomic E-state index is 0.300. The Labute approximate surface area is 192 Å². The number of thiophene rings is 1. The molecule has 0 radical (unpaired) electrons. The molecule has 0 bridgehead atoms. The van der Waals surface area contributed by atoms with E-state index in [0.29, 0.717) is 11.3 Å². The molecule has 1 heterocycles. The highest BCUT2D eigenvalue weighted by molar-refractivity contribution is 14.1. The van der Waals surface area contributed by atoms with Gasteiger partial charge in [-0.05, 0) is 99.0 Å². The molecule has 0 saturated carbocycles. The van der Waals surface area contributed by atoms with Crippen molar-refractivity contribution in [3.63, 3.8) is 0 Å². The summed E-state index contributed by atoms with van der Waals surface area (Å²) in [4.78, 5) is 6.05. The third-order valence-electron chi connectivity index (χ3n) is 5.14. The maximum Gasteiger partial charge on any atom is 0.145 e. The van der Waals surface area contributed by atoms with Crippen LogP contribution in [0.2, 0.25) is 0 Å². The van der Waals surface area contributed by atoms with Crippen molar-refractivity contribution in [1.82, 2.24) is 0 Å². The summed E-state index contributed by atoms with van der Waals surface area (Å²) >= 11 is 6.25. The van der Waals surface area contributed by atoms with Gasteiger partial charge in [0, 0.05) is 11.1 Å². The zero-order chi connectivity index (χ0) is 19.8. The van der Waals surface area contributed by atoms with Gasteiger partial charge in [0.25, 0.3) is 0 Å². The Balaban J connectivity index is 1.92. The molecule has 0 unspecified atom stereocenters. The lowest BCUT2D eigenvalue weighted by atomic mass is 9.72. The van der Waals surface area contributed by atoms with Crippen LogP contribution >= 0.6 is 56.5 Å². The van der Waals surface area contributed by atoms with Gasteiger partial charge in [-0.25, -0.2) is 4.99 Å². The van der Waals surface area contributed by atoms with E-state index in [4.69, 9.17) is 9.73 Å². The van der Waals surface area contributed by atoms with Gasteiger partial charge in [0.05, 0.1) is 19.8 Å². The lowest BCUT2D eigenvalue weighted by Crippen LogP contribution is -2.26.